The van der Waals surface area contributed by atoms with E-state index in [4.69, 9.17) is 10.5 Å². The van der Waals surface area contributed by atoms with E-state index in [0.717, 1.165) is 0 Å². The quantitative estimate of drug-likeness (QED) is 0.806. The standard InChI is InChI=1S/C12H12FN3O2/c1-18-11-3-2-7(4-9(11)13)5-10(17)8-6-15-16-12(8)14/h2-4,6H,5H2,1H3,(H3,14,15,16). The van der Waals surface area contributed by atoms with Crippen LogP contribution in [0.4, 0.5) is 10.2 Å². The molecule has 0 fully saturated rings. The maximum absolute atomic E-state index is 13.4. The van der Waals surface area contributed by atoms with Gasteiger partial charge in [0, 0.05) is 6.42 Å². The number of nitrogens with zero attached hydrogens (tertiary/aromatic N) is 1. The molecule has 2 rings (SSSR count). The Morgan fingerprint density at radius 3 is 2.89 bits per heavy atom. The number of carbonyl (C=O) groups excluding carboxylic acids is 1. The number of halogens is 1. The first-order chi connectivity index (χ1) is 8.61. The van der Waals surface area contributed by atoms with E-state index in [9.17, 15) is 9.18 Å². The highest BCUT2D eigenvalue weighted by Gasteiger charge is 2.13. The van der Waals surface area contributed by atoms with Crippen LogP contribution in [0.15, 0.2) is 24.4 Å². The van der Waals surface area contributed by atoms with Gasteiger partial charge in [0.25, 0.3) is 0 Å². The van der Waals surface area contributed by atoms with Gasteiger partial charge in [-0.15, -0.1) is 0 Å². The number of Topliss-reactive ketones (excluding diaryl/α,β-unsaturated/α-hetero) is 1. The molecule has 0 aliphatic rings. The van der Waals surface area contributed by atoms with Crippen molar-refractivity contribution in [3.8, 4) is 5.75 Å². The molecule has 0 unspecified atom stereocenters. The number of aromatic amines is 1. The van der Waals surface area contributed by atoms with Crippen LogP contribution in [0.3, 0.4) is 0 Å². The van der Waals surface area contributed by atoms with Crippen LogP contribution in [0.5, 0.6) is 5.75 Å². The van der Waals surface area contributed by atoms with Crippen LogP contribution in [-0.4, -0.2) is 23.1 Å². The molecule has 6 heteroatoms. The molecule has 0 amide bonds. The van der Waals surface area contributed by atoms with Gasteiger partial charge in [0.05, 0.1) is 18.9 Å². The topological polar surface area (TPSA) is 81.0 Å². The van der Waals surface area contributed by atoms with E-state index >= 15 is 0 Å². The second-order valence-corrected chi connectivity index (χ2v) is 3.77. The summed E-state index contributed by atoms with van der Waals surface area (Å²) in [4.78, 5) is 11.9. The molecule has 0 atom stereocenters. The lowest BCUT2D eigenvalue weighted by Crippen LogP contribution is -2.05. The molecule has 94 valence electrons. The minimum absolute atomic E-state index is 0.0602. The normalized spacial score (nSPS) is 10.3. The lowest BCUT2D eigenvalue weighted by molar-refractivity contribution is 0.0994. The predicted molar refractivity (Wildman–Crippen MR) is 64.0 cm³/mol. The van der Waals surface area contributed by atoms with Crippen molar-refractivity contribution in [3.05, 3.63) is 41.3 Å². The number of anilines is 1. The highest BCUT2D eigenvalue weighted by molar-refractivity contribution is 6.00. The molecule has 0 aliphatic carbocycles. The third kappa shape index (κ3) is 2.32. The number of nitrogens with one attached hydrogen (secondary N) is 1. The summed E-state index contributed by atoms with van der Waals surface area (Å²) < 4.78 is 18.2. The van der Waals surface area contributed by atoms with Gasteiger partial charge in [-0.25, -0.2) is 4.39 Å². The first-order valence-electron chi connectivity index (χ1n) is 5.26. The summed E-state index contributed by atoms with van der Waals surface area (Å²) in [5.74, 6) is -0.350. The van der Waals surface area contributed by atoms with Gasteiger partial charge in [0.1, 0.15) is 5.82 Å². The number of ether oxygens (including phenoxy) is 1. The largest absolute Gasteiger partial charge is 0.494 e. The van der Waals surface area contributed by atoms with Crippen LogP contribution in [0.2, 0.25) is 0 Å². The van der Waals surface area contributed by atoms with E-state index in [1.165, 1.54) is 25.4 Å². The van der Waals surface area contributed by atoms with Crippen molar-refractivity contribution in [2.24, 2.45) is 0 Å². The molecule has 1 aromatic heterocycles. The Labute approximate surface area is 103 Å². The Hall–Kier alpha value is -2.37. The Balaban J connectivity index is 2.17. The molecular formula is C12H12FN3O2. The lowest BCUT2D eigenvalue weighted by atomic mass is 10.0. The zero-order valence-corrected chi connectivity index (χ0v) is 9.74. The van der Waals surface area contributed by atoms with Crippen molar-refractivity contribution in [1.29, 1.82) is 0 Å². The molecule has 2 aromatic rings. The van der Waals surface area contributed by atoms with Gasteiger partial charge in [-0.3, -0.25) is 9.89 Å². The van der Waals surface area contributed by atoms with Gasteiger partial charge < -0.3 is 10.5 Å². The fraction of sp³-hybridized carbons (Fsp3) is 0.167. The molecule has 18 heavy (non-hydrogen) atoms. The Kier molecular flexibility index (Phi) is 3.27. The second kappa shape index (κ2) is 4.87. The number of H-pyrrole nitrogens is 1. The Bertz CT molecular complexity index is 580. The van der Waals surface area contributed by atoms with Crippen LogP contribution in [0.25, 0.3) is 0 Å². The summed E-state index contributed by atoms with van der Waals surface area (Å²) in [6.45, 7) is 0. The monoisotopic (exact) mass is 249 g/mol. The number of rotatable bonds is 4. The summed E-state index contributed by atoms with van der Waals surface area (Å²) in [6, 6.07) is 4.39. The van der Waals surface area contributed by atoms with E-state index < -0.39 is 5.82 Å². The molecule has 3 N–H and O–H groups in total. The zero-order valence-electron chi connectivity index (χ0n) is 9.74. The van der Waals surface area contributed by atoms with Crippen molar-refractivity contribution in [3.63, 3.8) is 0 Å². The van der Waals surface area contributed by atoms with Gasteiger partial charge >= 0.3 is 0 Å². The summed E-state index contributed by atoms with van der Waals surface area (Å²) in [7, 11) is 1.38. The minimum atomic E-state index is -0.497. The number of ketones is 1. The van der Waals surface area contributed by atoms with Crippen LogP contribution in [0, 0.1) is 5.82 Å². The average molecular weight is 249 g/mol. The minimum Gasteiger partial charge on any atom is -0.494 e. The molecule has 1 aromatic carbocycles. The van der Waals surface area contributed by atoms with E-state index in [1.54, 1.807) is 6.07 Å². The van der Waals surface area contributed by atoms with Crippen molar-refractivity contribution in [2.45, 2.75) is 6.42 Å². The van der Waals surface area contributed by atoms with E-state index in [1.807, 2.05) is 0 Å². The van der Waals surface area contributed by atoms with Crippen LogP contribution >= 0.6 is 0 Å². The molecule has 0 bridgehead atoms. The number of hydrogen-bond acceptors (Lipinski definition) is 4. The molecule has 0 saturated heterocycles. The van der Waals surface area contributed by atoms with Gasteiger partial charge in [0.2, 0.25) is 0 Å². The number of methoxy groups -OCH3 is 1. The SMILES string of the molecule is COc1ccc(CC(=O)c2cn[nH]c2N)cc1F. The number of aromatic nitrogens is 2. The number of nitrogen functional groups attached to an aromatic ring is 1. The highest BCUT2D eigenvalue weighted by Crippen LogP contribution is 2.19. The predicted octanol–water partition coefficient (Wildman–Crippen LogP) is 1.56. The number of carbonyl (C=O) groups is 1. The summed E-state index contributed by atoms with van der Waals surface area (Å²) >= 11 is 0. The lowest BCUT2D eigenvalue weighted by Gasteiger charge is -2.04. The van der Waals surface area contributed by atoms with E-state index in [0.29, 0.717) is 11.1 Å². The maximum Gasteiger partial charge on any atom is 0.172 e. The van der Waals surface area contributed by atoms with Gasteiger partial charge in [-0.2, -0.15) is 5.10 Å². The van der Waals surface area contributed by atoms with Crippen LogP contribution in [0.1, 0.15) is 15.9 Å². The Morgan fingerprint density at radius 1 is 1.56 bits per heavy atom. The molecule has 5 nitrogen and oxygen atoms in total. The first-order valence-corrected chi connectivity index (χ1v) is 5.26. The zero-order chi connectivity index (χ0) is 13.1. The number of benzene rings is 1. The van der Waals surface area contributed by atoms with E-state index in [2.05, 4.69) is 10.2 Å². The van der Waals surface area contributed by atoms with Crippen molar-refractivity contribution >= 4 is 11.6 Å². The third-order valence-corrected chi connectivity index (χ3v) is 2.55. The maximum atomic E-state index is 13.4. The molecule has 0 aliphatic heterocycles. The number of hydrogen-bond donors (Lipinski definition) is 2. The number of nitrogens with two attached hydrogens (primary N) is 1. The smallest absolute Gasteiger partial charge is 0.172 e. The molecule has 0 spiro atoms. The molecule has 0 saturated carbocycles. The Morgan fingerprint density at radius 2 is 2.33 bits per heavy atom. The summed E-state index contributed by atoms with van der Waals surface area (Å²) in [5, 5.41) is 6.14. The van der Waals surface area contributed by atoms with Gasteiger partial charge in [-0.05, 0) is 17.7 Å². The average Bonchev–Trinajstić information content (AvgIpc) is 2.76. The molecule has 0 radical (unpaired) electrons. The fourth-order valence-corrected chi connectivity index (χ4v) is 1.62. The first kappa shape index (κ1) is 12.1. The molecular weight excluding hydrogens is 237 g/mol. The van der Waals surface area contributed by atoms with Gasteiger partial charge in [0.15, 0.2) is 17.3 Å². The highest BCUT2D eigenvalue weighted by atomic mass is 19.1. The van der Waals surface area contributed by atoms with Crippen molar-refractivity contribution < 1.29 is 13.9 Å². The van der Waals surface area contributed by atoms with Gasteiger partial charge in [-0.1, -0.05) is 6.07 Å². The van der Waals surface area contributed by atoms with Crippen molar-refractivity contribution in [2.75, 3.05) is 12.8 Å². The van der Waals surface area contributed by atoms with Crippen LogP contribution < -0.4 is 10.5 Å². The van der Waals surface area contributed by atoms with Crippen LogP contribution in [-0.2, 0) is 6.42 Å². The summed E-state index contributed by atoms with van der Waals surface area (Å²) in [5.41, 5.74) is 6.40. The third-order valence-electron chi connectivity index (χ3n) is 2.55. The second-order valence-electron chi connectivity index (χ2n) is 3.77. The molecule has 1 heterocycles. The van der Waals surface area contributed by atoms with E-state index in [-0.39, 0.29) is 23.8 Å². The van der Waals surface area contributed by atoms with Crippen molar-refractivity contribution in [1.82, 2.24) is 10.2 Å². The summed E-state index contributed by atoms with van der Waals surface area (Å²) in [6.07, 6.45) is 1.42. The fourth-order valence-electron chi connectivity index (χ4n) is 1.62.